The quantitative estimate of drug-likeness (QED) is 0.838. The first-order valence-corrected chi connectivity index (χ1v) is 6.95. The van der Waals surface area contributed by atoms with Crippen LogP contribution in [0.1, 0.15) is 26.6 Å². The number of nitrogens with one attached hydrogen (secondary N) is 1. The van der Waals surface area contributed by atoms with Gasteiger partial charge in [-0.15, -0.1) is 0 Å². The molecule has 2 aromatic rings. The maximum atomic E-state index is 9.16. The molecule has 0 bridgehead atoms. The minimum atomic E-state index is 0.207. The van der Waals surface area contributed by atoms with Gasteiger partial charge < -0.3 is 15.0 Å². The van der Waals surface area contributed by atoms with Crippen molar-refractivity contribution in [3.63, 3.8) is 0 Å². The Labute approximate surface area is 114 Å². The van der Waals surface area contributed by atoms with Crippen molar-refractivity contribution < 1.29 is 5.11 Å². The summed E-state index contributed by atoms with van der Waals surface area (Å²) in [6.07, 6.45) is 0. The normalized spacial score (nSPS) is 14.7. The Balaban J connectivity index is 2.16. The Bertz CT molecular complexity index is 535. The van der Waals surface area contributed by atoms with E-state index in [0.29, 0.717) is 0 Å². The Morgan fingerprint density at radius 2 is 2.05 bits per heavy atom. The molecule has 0 aliphatic rings. The third-order valence-electron chi connectivity index (χ3n) is 3.77. The van der Waals surface area contributed by atoms with Gasteiger partial charge >= 0.3 is 0 Å². The molecule has 104 valence electrons. The molecule has 0 amide bonds. The molecule has 0 saturated heterocycles. The Hall–Kier alpha value is -1.39. The fourth-order valence-corrected chi connectivity index (χ4v) is 2.22. The van der Waals surface area contributed by atoms with Crippen molar-refractivity contribution in [3.8, 4) is 0 Å². The van der Waals surface area contributed by atoms with Crippen molar-refractivity contribution in [3.05, 3.63) is 30.1 Å². The number of hydrogen-bond acceptors (Lipinski definition) is 3. The highest BCUT2D eigenvalue weighted by atomic mass is 16.3. The van der Waals surface area contributed by atoms with E-state index in [1.165, 1.54) is 5.52 Å². The third-order valence-corrected chi connectivity index (χ3v) is 3.77. The first kappa shape index (κ1) is 14.0. The Morgan fingerprint density at radius 3 is 2.74 bits per heavy atom. The van der Waals surface area contributed by atoms with Crippen LogP contribution >= 0.6 is 0 Å². The molecule has 0 spiro atoms. The Morgan fingerprint density at radius 1 is 1.32 bits per heavy atom. The molecular weight excluding hydrogens is 238 g/mol. The van der Waals surface area contributed by atoms with Crippen LogP contribution in [0.25, 0.3) is 11.0 Å². The predicted octanol–water partition coefficient (Wildman–Crippen LogP) is 2.16. The zero-order chi connectivity index (χ0) is 13.8. The topological polar surface area (TPSA) is 50.1 Å². The van der Waals surface area contributed by atoms with Gasteiger partial charge in [0.25, 0.3) is 0 Å². The fraction of sp³-hybridized carbons (Fsp3) is 0.533. The van der Waals surface area contributed by atoms with E-state index in [-0.39, 0.29) is 18.6 Å². The summed E-state index contributed by atoms with van der Waals surface area (Å²) in [6, 6.07) is 8.49. The highest BCUT2D eigenvalue weighted by Gasteiger charge is 2.13. The largest absolute Gasteiger partial charge is 0.396 e. The monoisotopic (exact) mass is 261 g/mol. The number of fused-ring (bicyclic) bond motifs is 1. The molecule has 0 aliphatic heterocycles. The summed E-state index contributed by atoms with van der Waals surface area (Å²) in [5.74, 6) is 1.31. The number of para-hydroxylation sites is 2. The molecule has 1 aromatic carbocycles. The van der Waals surface area contributed by atoms with Crippen molar-refractivity contribution >= 4 is 11.0 Å². The standard InChI is InChI=1S/C15H23N3O/c1-4-18-14-8-6-5-7-13(14)17-15(18)9-16-12(3)11(2)10-19/h5-8,11-12,16,19H,4,9-10H2,1-3H3. The maximum Gasteiger partial charge on any atom is 0.123 e. The lowest BCUT2D eigenvalue weighted by molar-refractivity contribution is 0.206. The van der Waals surface area contributed by atoms with Crippen molar-refractivity contribution in [2.24, 2.45) is 5.92 Å². The van der Waals surface area contributed by atoms with Crippen LogP contribution in [0.2, 0.25) is 0 Å². The Kier molecular flexibility index (Phi) is 4.56. The number of imidazole rings is 1. The summed E-state index contributed by atoms with van der Waals surface area (Å²) in [5.41, 5.74) is 2.23. The van der Waals surface area contributed by atoms with E-state index in [2.05, 4.69) is 34.8 Å². The van der Waals surface area contributed by atoms with Crippen LogP contribution in [0.15, 0.2) is 24.3 Å². The first-order valence-electron chi connectivity index (χ1n) is 6.95. The van der Waals surface area contributed by atoms with Gasteiger partial charge in [-0.05, 0) is 31.9 Å². The number of aromatic nitrogens is 2. The summed E-state index contributed by atoms with van der Waals surface area (Å²) in [4.78, 5) is 4.68. The summed E-state index contributed by atoms with van der Waals surface area (Å²) in [6.45, 7) is 8.13. The maximum absolute atomic E-state index is 9.16. The van der Waals surface area contributed by atoms with Crippen LogP contribution in [0.3, 0.4) is 0 Å². The summed E-state index contributed by atoms with van der Waals surface area (Å²) in [7, 11) is 0. The summed E-state index contributed by atoms with van der Waals surface area (Å²) >= 11 is 0. The minimum Gasteiger partial charge on any atom is -0.396 e. The van der Waals surface area contributed by atoms with Gasteiger partial charge in [-0.1, -0.05) is 19.1 Å². The molecule has 4 heteroatoms. The lowest BCUT2D eigenvalue weighted by Gasteiger charge is -2.19. The van der Waals surface area contributed by atoms with Gasteiger partial charge in [0, 0.05) is 19.2 Å². The highest BCUT2D eigenvalue weighted by molar-refractivity contribution is 5.75. The lowest BCUT2D eigenvalue weighted by Crippen LogP contribution is -2.34. The van der Waals surface area contributed by atoms with Crippen LogP contribution in [0.4, 0.5) is 0 Å². The van der Waals surface area contributed by atoms with E-state index in [1.807, 2.05) is 25.1 Å². The van der Waals surface area contributed by atoms with E-state index in [4.69, 9.17) is 5.11 Å². The van der Waals surface area contributed by atoms with E-state index in [1.54, 1.807) is 0 Å². The van der Waals surface area contributed by atoms with Gasteiger partial charge in [0.2, 0.25) is 0 Å². The lowest BCUT2D eigenvalue weighted by atomic mass is 10.1. The smallest absolute Gasteiger partial charge is 0.123 e. The average molecular weight is 261 g/mol. The van der Waals surface area contributed by atoms with E-state index < -0.39 is 0 Å². The van der Waals surface area contributed by atoms with E-state index in [0.717, 1.165) is 24.4 Å². The average Bonchev–Trinajstić information content (AvgIpc) is 2.81. The molecule has 2 N–H and O–H groups in total. The molecule has 1 heterocycles. The molecule has 2 unspecified atom stereocenters. The molecule has 19 heavy (non-hydrogen) atoms. The van der Waals surface area contributed by atoms with Crippen LogP contribution < -0.4 is 5.32 Å². The number of aliphatic hydroxyl groups is 1. The molecular formula is C15H23N3O. The second-order valence-corrected chi connectivity index (χ2v) is 5.09. The number of hydrogen-bond donors (Lipinski definition) is 2. The van der Waals surface area contributed by atoms with E-state index >= 15 is 0 Å². The second kappa shape index (κ2) is 6.17. The second-order valence-electron chi connectivity index (χ2n) is 5.09. The third kappa shape index (κ3) is 2.96. The first-order chi connectivity index (χ1) is 9.17. The van der Waals surface area contributed by atoms with Gasteiger partial charge in [0.05, 0.1) is 17.6 Å². The van der Waals surface area contributed by atoms with Gasteiger partial charge in [0.1, 0.15) is 5.82 Å². The fourth-order valence-electron chi connectivity index (χ4n) is 2.22. The number of benzene rings is 1. The van der Waals surface area contributed by atoms with Gasteiger partial charge in [-0.25, -0.2) is 4.98 Å². The molecule has 4 nitrogen and oxygen atoms in total. The molecule has 2 rings (SSSR count). The molecule has 2 atom stereocenters. The SMILES string of the molecule is CCn1c(CNC(C)C(C)CO)nc2ccccc21. The van der Waals surface area contributed by atoms with Crippen LogP contribution in [0, 0.1) is 5.92 Å². The van der Waals surface area contributed by atoms with Gasteiger partial charge in [-0.3, -0.25) is 0 Å². The summed E-state index contributed by atoms with van der Waals surface area (Å²) in [5, 5.41) is 12.6. The number of aryl methyl sites for hydroxylation is 1. The molecule has 1 aromatic heterocycles. The van der Waals surface area contributed by atoms with Crippen molar-refractivity contribution in [2.75, 3.05) is 6.61 Å². The van der Waals surface area contributed by atoms with Crippen molar-refractivity contribution in [1.82, 2.24) is 14.9 Å². The van der Waals surface area contributed by atoms with Gasteiger partial charge in [-0.2, -0.15) is 0 Å². The van der Waals surface area contributed by atoms with Crippen molar-refractivity contribution in [1.29, 1.82) is 0 Å². The van der Waals surface area contributed by atoms with Crippen LogP contribution in [-0.2, 0) is 13.1 Å². The summed E-state index contributed by atoms with van der Waals surface area (Å²) < 4.78 is 2.23. The van der Waals surface area contributed by atoms with Crippen LogP contribution in [-0.4, -0.2) is 27.3 Å². The zero-order valence-electron chi connectivity index (χ0n) is 11.9. The van der Waals surface area contributed by atoms with Crippen LogP contribution in [0.5, 0.6) is 0 Å². The molecule has 0 saturated carbocycles. The highest BCUT2D eigenvalue weighted by Crippen LogP contribution is 2.16. The molecule has 0 radical (unpaired) electrons. The number of rotatable bonds is 6. The molecule has 0 fully saturated rings. The number of nitrogens with zero attached hydrogens (tertiary/aromatic N) is 2. The van der Waals surface area contributed by atoms with E-state index in [9.17, 15) is 0 Å². The minimum absolute atomic E-state index is 0.207. The number of aliphatic hydroxyl groups excluding tert-OH is 1. The predicted molar refractivity (Wildman–Crippen MR) is 78.0 cm³/mol. The van der Waals surface area contributed by atoms with Gasteiger partial charge in [0.15, 0.2) is 0 Å². The zero-order valence-corrected chi connectivity index (χ0v) is 11.9. The van der Waals surface area contributed by atoms with Crippen molar-refractivity contribution in [2.45, 2.75) is 39.9 Å². The molecule has 0 aliphatic carbocycles.